The van der Waals surface area contributed by atoms with E-state index in [1.807, 2.05) is 0 Å². The van der Waals surface area contributed by atoms with Crippen LogP contribution >= 0.6 is 0 Å². The van der Waals surface area contributed by atoms with Gasteiger partial charge >= 0.3 is 6.09 Å². The first-order valence-electron chi connectivity index (χ1n) is 9.54. The molecule has 0 saturated carbocycles. The number of hydrogen-bond donors (Lipinski definition) is 1. The lowest BCUT2D eigenvalue weighted by molar-refractivity contribution is 0.0505. The number of sulfone groups is 1. The number of carbonyl (C=O) groups excluding carboxylic acids is 1. The number of rotatable bonds is 4. The molecule has 0 aliphatic rings. The number of ether oxygens (including phenoxy) is 1. The fourth-order valence-corrected chi connectivity index (χ4v) is 3.99. The van der Waals surface area contributed by atoms with Crippen LogP contribution in [0.3, 0.4) is 0 Å². The molecule has 1 unspecified atom stereocenters. The van der Waals surface area contributed by atoms with E-state index < -0.39 is 33.1 Å². The minimum absolute atomic E-state index is 0.0259. The van der Waals surface area contributed by atoms with Crippen molar-refractivity contribution in [3.05, 3.63) is 58.9 Å². The van der Waals surface area contributed by atoms with E-state index in [0.717, 1.165) is 6.26 Å². The molecule has 10 heteroatoms. The molecule has 164 valence electrons. The predicted molar refractivity (Wildman–Crippen MR) is 116 cm³/mol. The van der Waals surface area contributed by atoms with E-state index in [0.29, 0.717) is 5.69 Å². The van der Waals surface area contributed by atoms with Gasteiger partial charge in [-0.3, -0.25) is 14.3 Å². The van der Waals surface area contributed by atoms with Gasteiger partial charge in [-0.15, -0.1) is 0 Å². The normalized spacial score (nSPS) is 13.1. The first-order valence-corrected chi connectivity index (χ1v) is 11.4. The quantitative estimate of drug-likeness (QED) is 0.657. The fraction of sp³-hybridized carbons (Fsp3) is 0.333. The molecule has 2 heterocycles. The van der Waals surface area contributed by atoms with Crippen LogP contribution in [0.1, 0.15) is 39.6 Å². The van der Waals surface area contributed by atoms with Gasteiger partial charge in [0.1, 0.15) is 11.4 Å². The third kappa shape index (κ3) is 4.91. The van der Waals surface area contributed by atoms with E-state index in [9.17, 15) is 18.0 Å². The van der Waals surface area contributed by atoms with Crippen molar-refractivity contribution in [1.82, 2.24) is 19.9 Å². The van der Waals surface area contributed by atoms with Crippen molar-refractivity contribution in [2.24, 2.45) is 0 Å². The van der Waals surface area contributed by atoms with E-state index in [-0.39, 0.29) is 21.6 Å². The first-order chi connectivity index (χ1) is 14.4. The maximum absolute atomic E-state index is 13.5. The number of fused-ring (bicyclic) bond motifs is 1. The topological polar surface area (TPSA) is 120 Å². The highest BCUT2D eigenvalue weighted by Crippen LogP contribution is 2.23. The van der Waals surface area contributed by atoms with Crippen molar-refractivity contribution in [2.45, 2.75) is 44.2 Å². The van der Waals surface area contributed by atoms with E-state index in [1.165, 1.54) is 22.9 Å². The second kappa shape index (κ2) is 8.10. The molecule has 9 nitrogen and oxygen atoms in total. The Morgan fingerprint density at radius 3 is 2.48 bits per heavy atom. The Bertz CT molecular complexity index is 1300. The molecule has 1 atom stereocenters. The standard InChI is InChI=1S/C21H24N4O5S/c1-13(23-20(27)30-21(2,3)4)18-24-15-9-6-10-16(31(5,28)29)17(15)19(26)25(18)14-8-7-11-22-12-14/h6-13H,1-5H3,(H,23,27). The Morgan fingerprint density at radius 1 is 1.19 bits per heavy atom. The minimum atomic E-state index is -3.68. The van der Waals surface area contributed by atoms with Crippen molar-refractivity contribution < 1.29 is 17.9 Å². The summed E-state index contributed by atoms with van der Waals surface area (Å²) in [7, 11) is -3.68. The van der Waals surface area contributed by atoms with Gasteiger partial charge in [-0.2, -0.15) is 0 Å². The highest BCUT2D eigenvalue weighted by Gasteiger charge is 2.25. The first kappa shape index (κ1) is 22.4. The molecule has 0 fully saturated rings. The smallest absolute Gasteiger partial charge is 0.408 e. The van der Waals surface area contributed by atoms with Crippen LogP contribution in [0.5, 0.6) is 0 Å². The number of amides is 1. The average molecular weight is 445 g/mol. The summed E-state index contributed by atoms with van der Waals surface area (Å²) in [5.41, 5.74) is -0.681. The van der Waals surface area contributed by atoms with Crippen LogP contribution < -0.4 is 10.9 Å². The van der Waals surface area contributed by atoms with Gasteiger partial charge in [0.2, 0.25) is 0 Å². The summed E-state index contributed by atoms with van der Waals surface area (Å²) in [6.45, 7) is 6.88. The molecule has 1 amide bonds. The maximum atomic E-state index is 13.5. The number of carbonyl (C=O) groups is 1. The molecule has 0 radical (unpaired) electrons. The summed E-state index contributed by atoms with van der Waals surface area (Å²) >= 11 is 0. The second-order valence-electron chi connectivity index (χ2n) is 8.11. The molecule has 1 N–H and O–H groups in total. The Hall–Kier alpha value is -3.27. The Labute approximate surface area is 180 Å². The average Bonchev–Trinajstić information content (AvgIpc) is 2.65. The van der Waals surface area contributed by atoms with Crippen molar-refractivity contribution in [3.8, 4) is 5.69 Å². The van der Waals surface area contributed by atoms with Crippen molar-refractivity contribution in [3.63, 3.8) is 0 Å². The van der Waals surface area contributed by atoms with Crippen LogP contribution in [-0.4, -0.2) is 40.9 Å². The molecule has 2 aromatic heterocycles. The van der Waals surface area contributed by atoms with Gasteiger partial charge in [-0.1, -0.05) is 6.07 Å². The molecule has 3 rings (SSSR count). The number of pyridine rings is 1. The number of hydrogen-bond acceptors (Lipinski definition) is 7. The third-order valence-corrected chi connectivity index (χ3v) is 5.45. The molecule has 31 heavy (non-hydrogen) atoms. The number of nitrogens with zero attached hydrogens (tertiary/aromatic N) is 3. The number of aromatic nitrogens is 3. The van der Waals surface area contributed by atoms with Crippen LogP contribution in [0.2, 0.25) is 0 Å². The third-order valence-electron chi connectivity index (χ3n) is 4.31. The van der Waals surface area contributed by atoms with Crippen LogP contribution in [0.4, 0.5) is 4.79 Å². The highest BCUT2D eigenvalue weighted by atomic mass is 32.2. The van der Waals surface area contributed by atoms with Gasteiger partial charge in [-0.05, 0) is 52.0 Å². The zero-order valence-corrected chi connectivity index (χ0v) is 18.7. The molecule has 3 aromatic rings. The van der Waals surface area contributed by atoms with E-state index in [4.69, 9.17) is 4.74 Å². The SMILES string of the molecule is CC(NC(=O)OC(C)(C)C)c1nc2cccc(S(C)(=O)=O)c2c(=O)n1-c1cccnc1. The Kier molecular flexibility index (Phi) is 5.86. The zero-order chi connectivity index (χ0) is 23.0. The molecular weight excluding hydrogens is 420 g/mol. The van der Waals surface area contributed by atoms with Gasteiger partial charge in [0.25, 0.3) is 5.56 Å². The zero-order valence-electron chi connectivity index (χ0n) is 17.9. The monoisotopic (exact) mass is 444 g/mol. The summed E-state index contributed by atoms with van der Waals surface area (Å²) in [6, 6.07) is 7.02. The van der Waals surface area contributed by atoms with Gasteiger partial charge in [0.15, 0.2) is 9.84 Å². The lowest BCUT2D eigenvalue weighted by Crippen LogP contribution is -2.37. The van der Waals surface area contributed by atoms with E-state index in [2.05, 4.69) is 15.3 Å². The van der Waals surface area contributed by atoms with Crippen molar-refractivity contribution in [1.29, 1.82) is 0 Å². The Morgan fingerprint density at radius 2 is 1.90 bits per heavy atom. The van der Waals surface area contributed by atoms with Crippen LogP contribution in [0.25, 0.3) is 16.6 Å². The predicted octanol–water partition coefficient (Wildman–Crippen LogP) is 2.77. The summed E-state index contributed by atoms with van der Waals surface area (Å²) in [5.74, 6) is 0.210. The number of nitrogens with one attached hydrogen (secondary N) is 1. The molecule has 1 aromatic carbocycles. The van der Waals surface area contributed by atoms with Crippen molar-refractivity contribution >= 4 is 26.8 Å². The molecule has 0 aliphatic carbocycles. The number of alkyl carbamates (subject to hydrolysis) is 1. The maximum Gasteiger partial charge on any atom is 0.408 e. The Balaban J connectivity index is 2.26. The second-order valence-corrected chi connectivity index (χ2v) is 10.1. The van der Waals surface area contributed by atoms with Gasteiger partial charge in [0.05, 0.1) is 33.7 Å². The lowest BCUT2D eigenvalue weighted by atomic mass is 10.2. The van der Waals surface area contributed by atoms with Gasteiger partial charge in [0, 0.05) is 12.5 Å². The highest BCUT2D eigenvalue weighted by molar-refractivity contribution is 7.91. The van der Waals surface area contributed by atoms with Crippen LogP contribution in [-0.2, 0) is 14.6 Å². The molecule has 0 saturated heterocycles. The lowest BCUT2D eigenvalue weighted by Gasteiger charge is -2.23. The fourth-order valence-electron chi connectivity index (χ4n) is 3.10. The van der Waals surface area contributed by atoms with Gasteiger partial charge < -0.3 is 10.1 Å². The minimum Gasteiger partial charge on any atom is -0.444 e. The summed E-state index contributed by atoms with van der Waals surface area (Å²) in [5, 5.41) is 2.65. The molecule has 0 spiro atoms. The van der Waals surface area contributed by atoms with Crippen molar-refractivity contribution in [2.75, 3.05) is 6.26 Å². The largest absolute Gasteiger partial charge is 0.444 e. The molecule has 0 aliphatic heterocycles. The number of benzene rings is 1. The van der Waals surface area contributed by atoms with Crippen LogP contribution in [0, 0.1) is 0 Å². The van der Waals surface area contributed by atoms with Crippen LogP contribution in [0.15, 0.2) is 52.4 Å². The summed E-state index contributed by atoms with van der Waals surface area (Å²) < 4.78 is 31.1. The summed E-state index contributed by atoms with van der Waals surface area (Å²) in [4.78, 5) is 34.3. The van der Waals surface area contributed by atoms with Gasteiger partial charge in [-0.25, -0.2) is 18.2 Å². The summed E-state index contributed by atoms with van der Waals surface area (Å²) in [6.07, 6.45) is 3.38. The van der Waals surface area contributed by atoms with E-state index in [1.54, 1.807) is 52.1 Å². The molecular formula is C21H24N4O5S. The van der Waals surface area contributed by atoms with E-state index >= 15 is 0 Å². The molecule has 0 bridgehead atoms.